The zero-order valence-electron chi connectivity index (χ0n) is 11.9. The van der Waals surface area contributed by atoms with Gasteiger partial charge < -0.3 is 9.88 Å². The van der Waals surface area contributed by atoms with Gasteiger partial charge in [0.25, 0.3) is 6.43 Å². The van der Waals surface area contributed by atoms with Crippen molar-refractivity contribution in [2.24, 2.45) is 0 Å². The van der Waals surface area contributed by atoms with Crippen molar-refractivity contribution < 1.29 is 8.78 Å². The van der Waals surface area contributed by atoms with Crippen LogP contribution in [0.4, 0.5) is 8.78 Å². The summed E-state index contributed by atoms with van der Waals surface area (Å²) < 4.78 is 27.5. The van der Waals surface area contributed by atoms with Crippen molar-refractivity contribution in [3.8, 4) is 0 Å². The van der Waals surface area contributed by atoms with E-state index in [2.05, 4.69) is 20.1 Å². The Morgan fingerprint density at radius 3 is 3.00 bits per heavy atom. The lowest BCUT2D eigenvalue weighted by Crippen LogP contribution is -2.21. The van der Waals surface area contributed by atoms with E-state index in [0.29, 0.717) is 6.54 Å². The maximum absolute atomic E-state index is 12.7. The first kappa shape index (κ1) is 14.1. The molecule has 1 aromatic heterocycles. The van der Waals surface area contributed by atoms with Gasteiger partial charge in [-0.25, -0.2) is 8.78 Å². The number of rotatable bonds is 5. The summed E-state index contributed by atoms with van der Waals surface area (Å²) in [6, 6.07) is 6.54. The molecule has 0 amide bonds. The number of hydrogen-bond acceptors (Lipinski definition) is 3. The highest BCUT2D eigenvalue weighted by Crippen LogP contribution is 2.21. The third kappa shape index (κ3) is 2.95. The molecule has 21 heavy (non-hydrogen) atoms. The van der Waals surface area contributed by atoms with Crippen LogP contribution in [0.5, 0.6) is 0 Å². The van der Waals surface area contributed by atoms with Crippen molar-refractivity contribution in [2.75, 3.05) is 0 Å². The average molecular weight is 292 g/mol. The molecule has 2 aromatic rings. The first-order chi connectivity index (χ1) is 10.1. The Morgan fingerprint density at radius 2 is 2.19 bits per heavy atom. The van der Waals surface area contributed by atoms with Crippen LogP contribution in [0, 0.1) is 0 Å². The number of hydrogen-bond donors (Lipinski definition) is 1. The number of alkyl halides is 2. The van der Waals surface area contributed by atoms with E-state index in [4.69, 9.17) is 0 Å². The molecule has 1 aromatic carbocycles. The molecule has 0 radical (unpaired) electrons. The Morgan fingerprint density at radius 1 is 1.33 bits per heavy atom. The van der Waals surface area contributed by atoms with Gasteiger partial charge in [-0.15, -0.1) is 10.2 Å². The van der Waals surface area contributed by atoms with Crippen molar-refractivity contribution in [1.82, 2.24) is 20.1 Å². The average Bonchev–Trinajstić information content (AvgIpc) is 3.07. The van der Waals surface area contributed by atoms with Crippen molar-refractivity contribution >= 4 is 0 Å². The predicted molar refractivity (Wildman–Crippen MR) is 75.0 cm³/mol. The molecule has 2 heterocycles. The Balaban J connectivity index is 1.65. The summed E-state index contributed by atoms with van der Waals surface area (Å²) in [6.45, 7) is 3.51. The van der Waals surface area contributed by atoms with Crippen LogP contribution < -0.4 is 5.32 Å². The monoisotopic (exact) mass is 292 g/mol. The summed E-state index contributed by atoms with van der Waals surface area (Å²) in [4.78, 5) is 0. The zero-order chi connectivity index (χ0) is 14.8. The van der Waals surface area contributed by atoms with Crippen LogP contribution >= 0.6 is 0 Å². The second-order valence-electron chi connectivity index (χ2n) is 5.38. The minimum atomic E-state index is -2.43. The normalized spacial score (nSPS) is 15.4. The van der Waals surface area contributed by atoms with Crippen molar-refractivity contribution in [1.29, 1.82) is 0 Å². The van der Waals surface area contributed by atoms with E-state index in [-0.39, 0.29) is 11.6 Å². The van der Waals surface area contributed by atoms with E-state index in [1.54, 1.807) is 12.1 Å². The second kappa shape index (κ2) is 5.89. The number of aromatic nitrogens is 3. The van der Waals surface area contributed by atoms with Crippen LogP contribution in [0.25, 0.3) is 0 Å². The van der Waals surface area contributed by atoms with E-state index in [9.17, 15) is 8.78 Å². The molecular weight excluding hydrogens is 274 g/mol. The lowest BCUT2D eigenvalue weighted by atomic mass is 10.1. The molecule has 1 N–H and O–H groups in total. The van der Waals surface area contributed by atoms with Crippen molar-refractivity contribution in [2.45, 2.75) is 45.3 Å². The molecule has 1 aliphatic heterocycles. The minimum Gasteiger partial charge on any atom is -0.314 e. The highest BCUT2D eigenvalue weighted by molar-refractivity contribution is 5.24. The smallest absolute Gasteiger partial charge is 0.263 e. The molecule has 1 unspecified atom stereocenters. The fourth-order valence-electron chi connectivity index (χ4n) is 2.69. The maximum Gasteiger partial charge on any atom is 0.263 e. The van der Waals surface area contributed by atoms with Crippen LogP contribution in [-0.4, -0.2) is 14.8 Å². The van der Waals surface area contributed by atoms with Crippen molar-refractivity contribution in [3.05, 3.63) is 47.0 Å². The minimum absolute atomic E-state index is 0.0413. The lowest BCUT2D eigenvalue weighted by molar-refractivity contribution is 0.151. The molecule has 0 bridgehead atoms. The Labute approximate surface area is 122 Å². The SMILES string of the molecule is CC(NCc1cccc(C(F)F)c1)c1nnc2n1CCC2. The molecule has 0 fully saturated rings. The molecule has 0 spiro atoms. The zero-order valence-corrected chi connectivity index (χ0v) is 11.9. The summed E-state index contributed by atoms with van der Waals surface area (Å²) in [6.07, 6.45) is -0.334. The van der Waals surface area contributed by atoms with Gasteiger partial charge in [0, 0.05) is 25.1 Å². The van der Waals surface area contributed by atoms with Crippen LogP contribution in [0.15, 0.2) is 24.3 Å². The van der Waals surface area contributed by atoms with Gasteiger partial charge in [0.2, 0.25) is 0 Å². The van der Waals surface area contributed by atoms with Gasteiger partial charge in [-0.2, -0.15) is 0 Å². The standard InChI is InChI=1S/C15H18F2N4/c1-10(15-20-19-13-6-3-7-21(13)15)18-9-11-4-2-5-12(8-11)14(16)17/h2,4-5,8,10,14,18H,3,6-7,9H2,1H3. The van der Waals surface area contributed by atoms with Crippen LogP contribution in [-0.2, 0) is 19.5 Å². The summed E-state index contributed by atoms with van der Waals surface area (Å²) in [7, 11) is 0. The third-order valence-electron chi connectivity index (χ3n) is 3.84. The Bertz CT molecular complexity index is 624. The van der Waals surface area contributed by atoms with Gasteiger partial charge in [0.05, 0.1) is 6.04 Å². The van der Waals surface area contributed by atoms with E-state index >= 15 is 0 Å². The van der Waals surface area contributed by atoms with Crippen LogP contribution in [0.1, 0.15) is 48.6 Å². The quantitative estimate of drug-likeness (QED) is 0.921. The maximum atomic E-state index is 12.7. The van der Waals surface area contributed by atoms with Gasteiger partial charge in [-0.05, 0) is 25.0 Å². The second-order valence-corrected chi connectivity index (χ2v) is 5.38. The number of benzene rings is 1. The number of fused-ring (bicyclic) bond motifs is 1. The fraction of sp³-hybridized carbons (Fsp3) is 0.467. The molecule has 0 saturated carbocycles. The third-order valence-corrected chi connectivity index (χ3v) is 3.84. The summed E-state index contributed by atoms with van der Waals surface area (Å²) >= 11 is 0. The Kier molecular flexibility index (Phi) is 3.96. The molecule has 0 saturated heterocycles. The van der Waals surface area contributed by atoms with Gasteiger partial charge >= 0.3 is 0 Å². The summed E-state index contributed by atoms with van der Waals surface area (Å²) in [5.74, 6) is 1.96. The Hall–Kier alpha value is -1.82. The van der Waals surface area contributed by atoms with Crippen LogP contribution in [0.2, 0.25) is 0 Å². The topological polar surface area (TPSA) is 42.7 Å². The van der Waals surface area contributed by atoms with E-state index in [1.165, 1.54) is 6.07 Å². The van der Waals surface area contributed by atoms with Gasteiger partial charge in [-0.1, -0.05) is 18.2 Å². The van der Waals surface area contributed by atoms with E-state index in [1.807, 2.05) is 13.0 Å². The largest absolute Gasteiger partial charge is 0.314 e. The fourth-order valence-corrected chi connectivity index (χ4v) is 2.69. The van der Waals surface area contributed by atoms with Gasteiger partial charge in [-0.3, -0.25) is 0 Å². The number of nitrogens with zero attached hydrogens (tertiary/aromatic N) is 3. The molecule has 112 valence electrons. The van der Waals surface area contributed by atoms with Crippen molar-refractivity contribution in [3.63, 3.8) is 0 Å². The summed E-state index contributed by atoms with van der Waals surface area (Å²) in [5, 5.41) is 11.7. The number of nitrogens with one attached hydrogen (secondary N) is 1. The highest BCUT2D eigenvalue weighted by Gasteiger charge is 2.20. The van der Waals surface area contributed by atoms with Crippen LogP contribution in [0.3, 0.4) is 0 Å². The molecule has 0 aliphatic carbocycles. The lowest BCUT2D eigenvalue weighted by Gasteiger charge is -2.14. The van der Waals surface area contributed by atoms with E-state index in [0.717, 1.165) is 36.6 Å². The van der Waals surface area contributed by atoms with Gasteiger partial charge in [0.1, 0.15) is 11.6 Å². The molecular formula is C15H18F2N4. The van der Waals surface area contributed by atoms with Gasteiger partial charge in [0.15, 0.2) is 0 Å². The first-order valence-corrected chi connectivity index (χ1v) is 7.17. The first-order valence-electron chi connectivity index (χ1n) is 7.17. The molecule has 3 rings (SSSR count). The summed E-state index contributed by atoms with van der Waals surface area (Å²) in [5.41, 5.74) is 0.908. The number of aryl methyl sites for hydroxylation is 1. The van der Waals surface area contributed by atoms with E-state index < -0.39 is 6.43 Å². The number of halogens is 2. The molecule has 4 nitrogen and oxygen atoms in total. The molecule has 1 aliphatic rings. The highest BCUT2D eigenvalue weighted by atomic mass is 19.3. The molecule has 1 atom stereocenters. The molecule has 6 heteroatoms. The predicted octanol–water partition coefficient (Wildman–Crippen LogP) is 3.01.